The summed E-state index contributed by atoms with van der Waals surface area (Å²) in [5, 5.41) is 11.9. The molecule has 1 aliphatic carbocycles. The molecule has 1 saturated carbocycles. The van der Waals surface area contributed by atoms with Crippen molar-refractivity contribution < 1.29 is 14.7 Å². The second-order valence-corrected chi connectivity index (χ2v) is 5.73. The first kappa shape index (κ1) is 15.0. The largest absolute Gasteiger partial charge is 0.481 e. The normalized spacial score (nSPS) is 25.1. The number of carboxylic acid groups (broad SMARTS) is 1. The van der Waals surface area contributed by atoms with Crippen LogP contribution in [0.15, 0.2) is 0 Å². The molecular weight excluding hydrogens is 230 g/mol. The molecule has 104 valence electrons. The lowest BCUT2D eigenvalue weighted by molar-refractivity contribution is -0.141. The van der Waals surface area contributed by atoms with Gasteiger partial charge in [0.25, 0.3) is 0 Å². The fourth-order valence-electron chi connectivity index (χ4n) is 2.71. The van der Waals surface area contributed by atoms with E-state index in [-0.39, 0.29) is 17.9 Å². The predicted molar refractivity (Wildman–Crippen MR) is 70.1 cm³/mol. The topological polar surface area (TPSA) is 66.4 Å². The van der Waals surface area contributed by atoms with Crippen LogP contribution in [-0.4, -0.2) is 23.0 Å². The van der Waals surface area contributed by atoms with Crippen LogP contribution in [0.3, 0.4) is 0 Å². The summed E-state index contributed by atoms with van der Waals surface area (Å²) in [6.45, 7) is 6.38. The Balaban J connectivity index is 2.35. The van der Waals surface area contributed by atoms with Crippen LogP contribution < -0.4 is 5.32 Å². The summed E-state index contributed by atoms with van der Waals surface area (Å²) >= 11 is 0. The Labute approximate surface area is 109 Å². The highest BCUT2D eigenvalue weighted by Crippen LogP contribution is 2.26. The molecule has 2 N–H and O–H groups in total. The standard InChI is InChI=1S/C14H25NO3/c1-4-10(9(2)3)8-13(16)15-12-6-5-11(7-12)14(17)18/h9-12H,4-8H2,1-3H3,(H,15,16)(H,17,18)/t10?,11-,12+/m1/s1. The van der Waals surface area contributed by atoms with Crippen molar-refractivity contribution in [1.29, 1.82) is 0 Å². The van der Waals surface area contributed by atoms with Crippen LogP contribution in [0.25, 0.3) is 0 Å². The Hall–Kier alpha value is -1.06. The molecule has 0 saturated heterocycles. The lowest BCUT2D eigenvalue weighted by Crippen LogP contribution is -2.35. The minimum atomic E-state index is -0.736. The number of hydrogen-bond acceptors (Lipinski definition) is 2. The van der Waals surface area contributed by atoms with E-state index in [9.17, 15) is 9.59 Å². The first-order valence-corrected chi connectivity index (χ1v) is 6.96. The number of amides is 1. The predicted octanol–water partition coefficient (Wildman–Crippen LogP) is 2.43. The zero-order valence-corrected chi connectivity index (χ0v) is 11.6. The van der Waals surface area contributed by atoms with Gasteiger partial charge in [0.05, 0.1) is 5.92 Å². The van der Waals surface area contributed by atoms with Crippen molar-refractivity contribution in [3.63, 3.8) is 0 Å². The third kappa shape index (κ3) is 4.31. The van der Waals surface area contributed by atoms with Crippen LogP contribution in [0.4, 0.5) is 0 Å². The molecule has 1 fully saturated rings. The first-order valence-electron chi connectivity index (χ1n) is 6.96. The minimum Gasteiger partial charge on any atom is -0.481 e. The Morgan fingerprint density at radius 3 is 2.44 bits per heavy atom. The van der Waals surface area contributed by atoms with Crippen molar-refractivity contribution in [2.75, 3.05) is 0 Å². The third-order valence-corrected chi connectivity index (χ3v) is 4.06. The van der Waals surface area contributed by atoms with Gasteiger partial charge in [0.1, 0.15) is 0 Å². The zero-order chi connectivity index (χ0) is 13.7. The number of carbonyl (C=O) groups is 2. The monoisotopic (exact) mass is 255 g/mol. The molecule has 4 nitrogen and oxygen atoms in total. The average molecular weight is 255 g/mol. The summed E-state index contributed by atoms with van der Waals surface area (Å²) in [5.74, 6) is -0.00732. The Morgan fingerprint density at radius 2 is 2.00 bits per heavy atom. The van der Waals surface area contributed by atoms with E-state index in [2.05, 4.69) is 26.1 Å². The van der Waals surface area contributed by atoms with Gasteiger partial charge < -0.3 is 10.4 Å². The number of nitrogens with one attached hydrogen (secondary N) is 1. The van der Waals surface area contributed by atoms with Crippen molar-refractivity contribution in [3.8, 4) is 0 Å². The maximum absolute atomic E-state index is 11.9. The minimum absolute atomic E-state index is 0.0586. The Kier molecular flexibility index (Phi) is 5.63. The third-order valence-electron chi connectivity index (χ3n) is 4.06. The van der Waals surface area contributed by atoms with E-state index < -0.39 is 5.97 Å². The molecule has 0 spiro atoms. The van der Waals surface area contributed by atoms with Crippen LogP contribution in [0.1, 0.15) is 52.9 Å². The average Bonchev–Trinajstić information content (AvgIpc) is 2.74. The number of rotatable bonds is 6. The molecule has 1 amide bonds. The molecule has 1 rings (SSSR count). The fraction of sp³-hybridized carbons (Fsp3) is 0.857. The molecule has 18 heavy (non-hydrogen) atoms. The molecule has 0 aromatic carbocycles. The van der Waals surface area contributed by atoms with Gasteiger partial charge in [-0.05, 0) is 31.1 Å². The summed E-state index contributed by atoms with van der Waals surface area (Å²) in [7, 11) is 0. The van der Waals surface area contributed by atoms with Crippen molar-refractivity contribution in [3.05, 3.63) is 0 Å². The van der Waals surface area contributed by atoms with Gasteiger partial charge in [-0.1, -0.05) is 27.2 Å². The number of aliphatic carboxylic acids is 1. The van der Waals surface area contributed by atoms with Crippen molar-refractivity contribution in [2.45, 2.75) is 58.9 Å². The van der Waals surface area contributed by atoms with Gasteiger partial charge in [-0.2, -0.15) is 0 Å². The highest BCUT2D eigenvalue weighted by atomic mass is 16.4. The molecule has 0 heterocycles. The summed E-state index contributed by atoms with van der Waals surface area (Å²) in [5.41, 5.74) is 0. The zero-order valence-electron chi connectivity index (χ0n) is 11.6. The van der Waals surface area contributed by atoms with Crippen molar-refractivity contribution >= 4 is 11.9 Å². The van der Waals surface area contributed by atoms with Crippen molar-refractivity contribution in [2.24, 2.45) is 17.8 Å². The van der Waals surface area contributed by atoms with E-state index in [0.717, 1.165) is 12.8 Å². The molecule has 3 atom stereocenters. The number of carboxylic acids is 1. The van der Waals surface area contributed by atoms with E-state index in [4.69, 9.17) is 5.11 Å². The van der Waals surface area contributed by atoms with E-state index in [1.54, 1.807) is 0 Å². The lowest BCUT2D eigenvalue weighted by atomic mass is 9.90. The second-order valence-electron chi connectivity index (χ2n) is 5.73. The van der Waals surface area contributed by atoms with Crippen LogP contribution in [-0.2, 0) is 9.59 Å². The quantitative estimate of drug-likeness (QED) is 0.766. The molecule has 0 aromatic rings. The maximum atomic E-state index is 11.9. The van der Waals surface area contributed by atoms with Gasteiger partial charge in [-0.25, -0.2) is 0 Å². The van der Waals surface area contributed by atoms with Gasteiger partial charge >= 0.3 is 5.97 Å². The molecule has 1 unspecified atom stereocenters. The van der Waals surface area contributed by atoms with Gasteiger partial charge in [0.15, 0.2) is 0 Å². The van der Waals surface area contributed by atoms with Gasteiger partial charge in [0.2, 0.25) is 5.91 Å². The molecular formula is C14H25NO3. The molecule has 0 radical (unpaired) electrons. The van der Waals surface area contributed by atoms with Crippen molar-refractivity contribution in [1.82, 2.24) is 5.32 Å². The van der Waals surface area contributed by atoms with Gasteiger partial charge in [-0.15, -0.1) is 0 Å². The van der Waals surface area contributed by atoms with Crippen LogP contribution in [0.5, 0.6) is 0 Å². The highest BCUT2D eigenvalue weighted by Gasteiger charge is 2.30. The van der Waals surface area contributed by atoms with E-state index in [0.29, 0.717) is 31.1 Å². The fourth-order valence-corrected chi connectivity index (χ4v) is 2.71. The highest BCUT2D eigenvalue weighted by molar-refractivity contribution is 5.77. The van der Waals surface area contributed by atoms with Crippen LogP contribution >= 0.6 is 0 Å². The summed E-state index contributed by atoms with van der Waals surface area (Å²) in [6, 6.07) is 0.0586. The molecule has 0 bridgehead atoms. The lowest BCUT2D eigenvalue weighted by Gasteiger charge is -2.20. The number of hydrogen-bond donors (Lipinski definition) is 2. The molecule has 4 heteroatoms. The summed E-state index contributed by atoms with van der Waals surface area (Å²) in [4.78, 5) is 22.7. The van der Waals surface area contributed by atoms with Crippen LogP contribution in [0, 0.1) is 17.8 Å². The van der Waals surface area contributed by atoms with Crippen LogP contribution in [0.2, 0.25) is 0 Å². The Bertz CT molecular complexity index is 301. The van der Waals surface area contributed by atoms with E-state index in [1.165, 1.54) is 0 Å². The smallest absolute Gasteiger partial charge is 0.306 e. The molecule has 1 aliphatic rings. The first-order chi connectivity index (χ1) is 8.43. The number of carbonyl (C=O) groups excluding carboxylic acids is 1. The maximum Gasteiger partial charge on any atom is 0.306 e. The molecule has 0 aromatic heterocycles. The SMILES string of the molecule is CCC(CC(=O)N[C@H]1CC[C@@H](C(=O)O)C1)C(C)C. The van der Waals surface area contributed by atoms with Gasteiger partial charge in [-0.3, -0.25) is 9.59 Å². The summed E-state index contributed by atoms with van der Waals surface area (Å²) in [6.07, 6.45) is 3.62. The Morgan fingerprint density at radius 1 is 1.33 bits per heavy atom. The van der Waals surface area contributed by atoms with E-state index >= 15 is 0 Å². The second kappa shape index (κ2) is 6.76. The van der Waals surface area contributed by atoms with Gasteiger partial charge in [0, 0.05) is 12.5 Å². The van der Waals surface area contributed by atoms with E-state index in [1.807, 2.05) is 0 Å². The molecule has 0 aliphatic heterocycles. The summed E-state index contributed by atoms with van der Waals surface area (Å²) < 4.78 is 0.